The summed E-state index contributed by atoms with van der Waals surface area (Å²) in [7, 11) is 0. The molecule has 6 nitrogen and oxygen atoms in total. The van der Waals surface area contributed by atoms with Gasteiger partial charge in [0.1, 0.15) is 5.82 Å². The van der Waals surface area contributed by atoms with Crippen LogP contribution in [0.1, 0.15) is 6.92 Å². The number of thioether (sulfide) groups is 1. The van der Waals surface area contributed by atoms with Crippen molar-refractivity contribution in [1.29, 1.82) is 0 Å². The molecular formula is C14H23N5OS. The van der Waals surface area contributed by atoms with Gasteiger partial charge in [-0.05, 0) is 6.92 Å². The summed E-state index contributed by atoms with van der Waals surface area (Å²) in [5.41, 5.74) is 0. The molecule has 0 unspecified atom stereocenters. The standard InChI is InChI=1S/C14H23N5OS/c1-2-20-13-11-12(18-7-9-21-10-8-18)16-14(17-13)19-5-3-15-4-6-19/h11,15H,2-10H2,1H3. The lowest BCUT2D eigenvalue weighted by Gasteiger charge is -2.31. The molecule has 0 bridgehead atoms. The van der Waals surface area contributed by atoms with Gasteiger partial charge in [-0.25, -0.2) is 0 Å². The summed E-state index contributed by atoms with van der Waals surface area (Å²) >= 11 is 2.01. The van der Waals surface area contributed by atoms with Crippen molar-refractivity contribution < 1.29 is 4.74 Å². The van der Waals surface area contributed by atoms with Crippen LogP contribution in [-0.2, 0) is 0 Å². The first-order valence-corrected chi connectivity index (χ1v) is 8.82. The van der Waals surface area contributed by atoms with E-state index in [-0.39, 0.29) is 0 Å². The number of rotatable bonds is 4. The maximum atomic E-state index is 5.64. The van der Waals surface area contributed by atoms with Gasteiger partial charge in [-0.1, -0.05) is 0 Å². The first-order valence-electron chi connectivity index (χ1n) is 7.67. The fourth-order valence-electron chi connectivity index (χ4n) is 2.58. The van der Waals surface area contributed by atoms with Crippen LogP contribution in [0.15, 0.2) is 6.07 Å². The van der Waals surface area contributed by atoms with Crippen LogP contribution in [0.3, 0.4) is 0 Å². The average Bonchev–Trinajstić information content (AvgIpc) is 2.56. The molecule has 7 heteroatoms. The van der Waals surface area contributed by atoms with Gasteiger partial charge in [-0.3, -0.25) is 0 Å². The Balaban J connectivity index is 1.85. The van der Waals surface area contributed by atoms with E-state index in [9.17, 15) is 0 Å². The summed E-state index contributed by atoms with van der Waals surface area (Å²) in [6.45, 7) is 8.59. The third kappa shape index (κ3) is 3.71. The van der Waals surface area contributed by atoms with Crippen LogP contribution in [-0.4, -0.2) is 67.3 Å². The monoisotopic (exact) mass is 309 g/mol. The maximum Gasteiger partial charge on any atom is 0.230 e. The van der Waals surface area contributed by atoms with Gasteiger partial charge in [-0.2, -0.15) is 21.7 Å². The zero-order valence-electron chi connectivity index (χ0n) is 12.5. The Morgan fingerprint density at radius 2 is 1.90 bits per heavy atom. The average molecular weight is 309 g/mol. The smallest absolute Gasteiger partial charge is 0.230 e. The lowest BCUT2D eigenvalue weighted by Crippen LogP contribution is -2.44. The van der Waals surface area contributed by atoms with Crippen LogP contribution in [0, 0.1) is 0 Å². The zero-order chi connectivity index (χ0) is 14.5. The normalized spacial score (nSPS) is 19.7. The molecule has 0 aliphatic carbocycles. The van der Waals surface area contributed by atoms with E-state index in [4.69, 9.17) is 9.72 Å². The second-order valence-corrected chi connectivity index (χ2v) is 6.36. The quantitative estimate of drug-likeness (QED) is 0.884. The first-order chi connectivity index (χ1) is 10.4. The Bertz CT molecular complexity index is 424. The summed E-state index contributed by atoms with van der Waals surface area (Å²) in [6.07, 6.45) is 0. The number of hydrogen-bond donors (Lipinski definition) is 1. The zero-order valence-corrected chi connectivity index (χ0v) is 13.4. The van der Waals surface area contributed by atoms with Crippen molar-refractivity contribution in [1.82, 2.24) is 15.3 Å². The van der Waals surface area contributed by atoms with E-state index in [0.29, 0.717) is 12.5 Å². The van der Waals surface area contributed by atoms with Crippen molar-refractivity contribution >= 4 is 23.5 Å². The van der Waals surface area contributed by atoms with Crippen LogP contribution in [0.25, 0.3) is 0 Å². The van der Waals surface area contributed by atoms with E-state index >= 15 is 0 Å². The van der Waals surface area contributed by atoms with Crippen molar-refractivity contribution in [2.75, 3.05) is 67.2 Å². The Morgan fingerprint density at radius 1 is 1.14 bits per heavy atom. The van der Waals surface area contributed by atoms with E-state index in [0.717, 1.165) is 62.5 Å². The fourth-order valence-corrected chi connectivity index (χ4v) is 3.49. The predicted octanol–water partition coefficient (Wildman–Crippen LogP) is 0.838. The van der Waals surface area contributed by atoms with Crippen LogP contribution in [0.2, 0.25) is 0 Å². The Kier molecular flexibility index (Phi) is 5.03. The molecule has 3 rings (SSSR count). The Hall–Kier alpha value is -1.21. The molecule has 0 radical (unpaired) electrons. The lowest BCUT2D eigenvalue weighted by atomic mass is 10.4. The molecule has 1 aromatic rings. The third-order valence-corrected chi connectivity index (χ3v) is 4.65. The minimum atomic E-state index is 0.632. The molecule has 0 atom stereocenters. The highest BCUT2D eigenvalue weighted by Gasteiger charge is 2.19. The van der Waals surface area contributed by atoms with Gasteiger partial charge in [0.25, 0.3) is 0 Å². The molecule has 0 spiro atoms. The summed E-state index contributed by atoms with van der Waals surface area (Å²) in [4.78, 5) is 13.9. The topological polar surface area (TPSA) is 53.5 Å². The van der Waals surface area contributed by atoms with Crippen LogP contribution in [0.4, 0.5) is 11.8 Å². The molecule has 0 saturated carbocycles. The van der Waals surface area contributed by atoms with Crippen molar-refractivity contribution in [3.63, 3.8) is 0 Å². The summed E-state index contributed by atoms with van der Waals surface area (Å²) in [5.74, 6) is 4.82. The van der Waals surface area contributed by atoms with E-state index in [1.54, 1.807) is 0 Å². The highest BCUT2D eigenvalue weighted by molar-refractivity contribution is 7.99. The molecule has 3 heterocycles. The second-order valence-electron chi connectivity index (χ2n) is 5.13. The molecular weight excluding hydrogens is 286 g/mol. The van der Waals surface area contributed by atoms with Gasteiger partial charge in [0, 0.05) is 56.8 Å². The van der Waals surface area contributed by atoms with Crippen LogP contribution < -0.4 is 19.9 Å². The number of nitrogens with zero attached hydrogens (tertiary/aromatic N) is 4. The minimum absolute atomic E-state index is 0.632. The van der Waals surface area contributed by atoms with Crippen LogP contribution >= 0.6 is 11.8 Å². The van der Waals surface area contributed by atoms with E-state index in [2.05, 4.69) is 20.1 Å². The minimum Gasteiger partial charge on any atom is -0.478 e. The van der Waals surface area contributed by atoms with Gasteiger partial charge in [0.15, 0.2) is 0 Å². The molecule has 0 amide bonds. The van der Waals surface area contributed by atoms with Gasteiger partial charge in [0.05, 0.1) is 6.61 Å². The highest BCUT2D eigenvalue weighted by atomic mass is 32.2. The van der Waals surface area contributed by atoms with Gasteiger partial charge in [-0.15, -0.1) is 0 Å². The number of anilines is 2. The van der Waals surface area contributed by atoms with Gasteiger partial charge >= 0.3 is 0 Å². The SMILES string of the molecule is CCOc1cc(N2CCSCC2)nc(N2CCNCC2)n1. The molecule has 1 N–H and O–H groups in total. The number of aromatic nitrogens is 2. The highest BCUT2D eigenvalue weighted by Crippen LogP contribution is 2.24. The molecule has 0 aromatic carbocycles. The van der Waals surface area contributed by atoms with Crippen LogP contribution in [0.5, 0.6) is 5.88 Å². The van der Waals surface area contributed by atoms with E-state index < -0.39 is 0 Å². The first kappa shape index (κ1) is 14.7. The second kappa shape index (κ2) is 7.17. The number of piperazine rings is 1. The number of ether oxygens (including phenoxy) is 1. The van der Waals surface area contributed by atoms with Crippen molar-refractivity contribution in [3.8, 4) is 5.88 Å². The van der Waals surface area contributed by atoms with E-state index in [1.807, 2.05) is 24.8 Å². The molecule has 21 heavy (non-hydrogen) atoms. The molecule has 1 aromatic heterocycles. The third-order valence-electron chi connectivity index (χ3n) is 3.70. The summed E-state index contributed by atoms with van der Waals surface area (Å²) in [5, 5.41) is 3.36. The molecule has 2 aliphatic heterocycles. The summed E-state index contributed by atoms with van der Waals surface area (Å²) < 4.78 is 5.64. The molecule has 2 saturated heterocycles. The van der Waals surface area contributed by atoms with Crippen molar-refractivity contribution in [3.05, 3.63) is 6.07 Å². The largest absolute Gasteiger partial charge is 0.478 e. The fraction of sp³-hybridized carbons (Fsp3) is 0.714. The van der Waals surface area contributed by atoms with Crippen molar-refractivity contribution in [2.45, 2.75) is 6.92 Å². The van der Waals surface area contributed by atoms with E-state index in [1.165, 1.54) is 0 Å². The molecule has 116 valence electrons. The van der Waals surface area contributed by atoms with Gasteiger partial charge < -0.3 is 19.9 Å². The maximum absolute atomic E-state index is 5.64. The lowest BCUT2D eigenvalue weighted by molar-refractivity contribution is 0.326. The number of hydrogen-bond acceptors (Lipinski definition) is 7. The Labute approximate surface area is 130 Å². The molecule has 2 fully saturated rings. The molecule has 2 aliphatic rings. The summed E-state index contributed by atoms with van der Waals surface area (Å²) in [6, 6.07) is 1.98. The number of nitrogens with one attached hydrogen (secondary N) is 1. The van der Waals surface area contributed by atoms with Crippen molar-refractivity contribution in [2.24, 2.45) is 0 Å². The predicted molar refractivity (Wildman–Crippen MR) is 87.8 cm³/mol. The Morgan fingerprint density at radius 3 is 2.62 bits per heavy atom. The van der Waals surface area contributed by atoms with Gasteiger partial charge in [0.2, 0.25) is 11.8 Å².